The van der Waals surface area contributed by atoms with Crippen LogP contribution in [0.3, 0.4) is 0 Å². The van der Waals surface area contributed by atoms with Gasteiger partial charge >= 0.3 is 11.9 Å². The number of halogens is 4. The van der Waals surface area contributed by atoms with Crippen molar-refractivity contribution in [1.82, 2.24) is 0 Å². The number of carbonyl (C=O) groups excluding carboxylic acids is 2. The third kappa shape index (κ3) is 8.86. The molecule has 230 valence electrons. The van der Waals surface area contributed by atoms with Gasteiger partial charge < -0.3 is 14.9 Å². The van der Waals surface area contributed by atoms with E-state index < -0.39 is 35.2 Å². The molecule has 4 aromatic rings. The molecule has 0 aliphatic heterocycles. The summed E-state index contributed by atoms with van der Waals surface area (Å²) >= 11 is 0. The second kappa shape index (κ2) is 15.4. The van der Waals surface area contributed by atoms with E-state index in [9.17, 15) is 27.2 Å². The molecule has 4 rings (SSSR count). The summed E-state index contributed by atoms with van der Waals surface area (Å²) in [5.74, 6) is -3.76. The number of hydrogen-bond acceptors (Lipinski definition) is 6. The monoisotopic (exact) mass is 616 g/mol. The predicted molar refractivity (Wildman–Crippen MR) is 160 cm³/mol. The minimum atomic E-state index is -0.757. The van der Waals surface area contributed by atoms with E-state index >= 15 is 0 Å². The minimum absolute atomic E-state index is 0.0232. The molecule has 0 bridgehead atoms. The van der Waals surface area contributed by atoms with Gasteiger partial charge in [0.15, 0.2) is 0 Å². The summed E-state index contributed by atoms with van der Waals surface area (Å²) in [5.41, 5.74) is 0.729. The molecule has 0 radical (unpaired) electrons. The molecule has 0 amide bonds. The molecule has 0 saturated heterocycles. The Morgan fingerprint density at radius 1 is 0.644 bits per heavy atom. The fourth-order valence-corrected chi connectivity index (χ4v) is 4.61. The number of rotatable bonds is 13. The van der Waals surface area contributed by atoms with Crippen LogP contribution in [0, 0.1) is 40.0 Å². The Morgan fingerprint density at radius 3 is 1.58 bits per heavy atom. The number of carbonyl (C=O) groups is 2. The van der Waals surface area contributed by atoms with Gasteiger partial charge in [0.25, 0.3) is 0 Å². The number of benzene rings is 4. The Hall–Kier alpha value is -5.30. The third-order valence-electron chi connectivity index (χ3n) is 6.97. The summed E-state index contributed by atoms with van der Waals surface area (Å²) in [6, 6.07) is 17.2. The molecule has 0 heterocycles. The molecule has 0 atom stereocenters. The maximum absolute atomic E-state index is 14.6. The first kappa shape index (κ1) is 32.6. The molecule has 10 heteroatoms. The highest BCUT2D eigenvalue weighted by Gasteiger charge is 2.14. The summed E-state index contributed by atoms with van der Waals surface area (Å²) in [5, 5.41) is 16.0. The van der Waals surface area contributed by atoms with Crippen molar-refractivity contribution in [3.05, 3.63) is 107 Å². The van der Waals surface area contributed by atoms with Crippen molar-refractivity contribution in [2.45, 2.75) is 44.9 Å². The van der Waals surface area contributed by atoms with Crippen LogP contribution in [0.5, 0.6) is 11.5 Å². The molecule has 0 aliphatic carbocycles. The quantitative estimate of drug-likeness (QED) is 0.0533. The average Bonchev–Trinajstić information content (AvgIpc) is 3.00. The number of unbranched alkanes of at least 4 members (excludes halogenated alkanes) is 4. The van der Waals surface area contributed by atoms with Gasteiger partial charge in [0.05, 0.1) is 5.56 Å². The smallest absolute Gasteiger partial charge is 0.311 e. The Kier molecular flexibility index (Phi) is 11.2. The van der Waals surface area contributed by atoms with Crippen molar-refractivity contribution < 1.29 is 36.6 Å². The summed E-state index contributed by atoms with van der Waals surface area (Å²) in [6.07, 6.45) is 4.35. The Bertz CT molecular complexity index is 1770. The van der Waals surface area contributed by atoms with Crippen molar-refractivity contribution in [3.63, 3.8) is 0 Å². The summed E-state index contributed by atoms with van der Waals surface area (Å²) in [7, 11) is 0. The molecule has 0 aromatic heterocycles. The number of hydrogen-bond donors (Lipinski definition) is 1. The SMILES string of the molecule is N#Cc1ccc(-c2ccc(OC(=O)CCCCCCCC(=O)Oc3ccc(-c4ccc(C=N)c(F)c4)c(F)c3)cc2F)cc1F. The van der Waals surface area contributed by atoms with Gasteiger partial charge in [-0.1, -0.05) is 31.4 Å². The van der Waals surface area contributed by atoms with E-state index in [1.54, 1.807) is 6.07 Å². The maximum atomic E-state index is 14.6. The Labute approximate surface area is 257 Å². The molecule has 0 unspecified atom stereocenters. The number of esters is 2. The number of ether oxygens (including phenoxy) is 2. The van der Waals surface area contributed by atoms with Gasteiger partial charge in [-0.3, -0.25) is 9.59 Å². The zero-order chi connectivity index (χ0) is 32.3. The Balaban J connectivity index is 1.13. The number of nitrogens with zero attached hydrogens (tertiary/aromatic N) is 1. The van der Waals surface area contributed by atoms with Crippen molar-refractivity contribution in [3.8, 4) is 39.8 Å². The van der Waals surface area contributed by atoms with Gasteiger partial charge in [-0.15, -0.1) is 0 Å². The highest BCUT2D eigenvalue weighted by molar-refractivity contribution is 5.79. The molecule has 6 nitrogen and oxygen atoms in total. The van der Waals surface area contributed by atoms with Crippen LogP contribution in [0.1, 0.15) is 56.1 Å². The second-order valence-electron chi connectivity index (χ2n) is 10.2. The fraction of sp³-hybridized carbons (Fsp3) is 0.200. The number of nitrogens with one attached hydrogen (secondary N) is 1. The topological polar surface area (TPSA) is 100 Å². The van der Waals surface area contributed by atoms with E-state index in [-0.39, 0.29) is 52.2 Å². The lowest BCUT2D eigenvalue weighted by Crippen LogP contribution is -2.08. The van der Waals surface area contributed by atoms with Crippen molar-refractivity contribution in [2.24, 2.45) is 0 Å². The zero-order valence-electron chi connectivity index (χ0n) is 24.0. The van der Waals surface area contributed by atoms with E-state index in [0.717, 1.165) is 36.9 Å². The van der Waals surface area contributed by atoms with Gasteiger partial charge in [-0.2, -0.15) is 5.26 Å². The first-order valence-corrected chi connectivity index (χ1v) is 14.2. The van der Waals surface area contributed by atoms with Crippen LogP contribution in [0.25, 0.3) is 22.3 Å². The lowest BCUT2D eigenvalue weighted by atomic mass is 10.0. The minimum Gasteiger partial charge on any atom is -0.426 e. The standard InChI is InChI=1S/C35H28F4N2O4/c36-30-16-22(8-10-24(30)20-40)28-14-12-26(18-32(28)38)44-34(42)6-4-2-1-3-5-7-35(43)45-27-13-15-29(33(39)19-27)23-9-11-25(21-41)31(37)17-23/h8-20,40H,1-7H2. The largest absolute Gasteiger partial charge is 0.426 e. The summed E-state index contributed by atoms with van der Waals surface area (Å²) in [4.78, 5) is 24.4. The van der Waals surface area contributed by atoms with Gasteiger partial charge in [-0.25, -0.2) is 17.6 Å². The summed E-state index contributed by atoms with van der Waals surface area (Å²) < 4.78 is 67.5. The van der Waals surface area contributed by atoms with E-state index in [4.69, 9.17) is 20.1 Å². The van der Waals surface area contributed by atoms with Crippen molar-refractivity contribution in [2.75, 3.05) is 0 Å². The van der Waals surface area contributed by atoms with Crippen LogP contribution in [0.2, 0.25) is 0 Å². The van der Waals surface area contributed by atoms with Gasteiger partial charge in [0.2, 0.25) is 0 Å². The van der Waals surface area contributed by atoms with E-state index in [1.807, 2.05) is 0 Å². The first-order chi connectivity index (χ1) is 21.7. The van der Waals surface area contributed by atoms with Crippen LogP contribution >= 0.6 is 0 Å². The molecular weight excluding hydrogens is 588 g/mol. The highest BCUT2D eigenvalue weighted by Crippen LogP contribution is 2.29. The van der Waals surface area contributed by atoms with Crippen LogP contribution in [-0.4, -0.2) is 18.2 Å². The van der Waals surface area contributed by atoms with E-state index in [0.29, 0.717) is 31.2 Å². The average molecular weight is 617 g/mol. The molecule has 0 spiro atoms. The molecule has 0 fully saturated rings. The van der Waals surface area contributed by atoms with Crippen LogP contribution in [0.15, 0.2) is 72.8 Å². The van der Waals surface area contributed by atoms with E-state index in [1.165, 1.54) is 48.5 Å². The molecule has 45 heavy (non-hydrogen) atoms. The van der Waals surface area contributed by atoms with Crippen LogP contribution in [0.4, 0.5) is 17.6 Å². The third-order valence-corrected chi connectivity index (χ3v) is 6.97. The van der Waals surface area contributed by atoms with Crippen molar-refractivity contribution >= 4 is 18.2 Å². The lowest BCUT2D eigenvalue weighted by Gasteiger charge is -2.09. The van der Waals surface area contributed by atoms with Gasteiger partial charge in [-0.05, 0) is 72.5 Å². The predicted octanol–water partition coefficient (Wildman–Crippen LogP) is 8.69. The van der Waals surface area contributed by atoms with Gasteiger partial charge in [0.1, 0.15) is 40.8 Å². The van der Waals surface area contributed by atoms with Crippen LogP contribution in [-0.2, 0) is 9.59 Å². The maximum Gasteiger partial charge on any atom is 0.311 e. The fourth-order valence-electron chi connectivity index (χ4n) is 4.61. The zero-order valence-corrected chi connectivity index (χ0v) is 24.0. The molecule has 0 aliphatic rings. The Morgan fingerprint density at radius 2 is 1.13 bits per heavy atom. The van der Waals surface area contributed by atoms with E-state index in [2.05, 4.69) is 0 Å². The highest BCUT2D eigenvalue weighted by atomic mass is 19.1. The molecule has 1 N–H and O–H groups in total. The van der Waals surface area contributed by atoms with Crippen molar-refractivity contribution in [1.29, 1.82) is 10.7 Å². The summed E-state index contributed by atoms with van der Waals surface area (Å²) in [6.45, 7) is 0. The lowest BCUT2D eigenvalue weighted by molar-refractivity contribution is -0.135. The van der Waals surface area contributed by atoms with Crippen LogP contribution < -0.4 is 9.47 Å². The molecule has 0 saturated carbocycles. The normalized spacial score (nSPS) is 10.6. The molecule has 4 aromatic carbocycles. The molecular formula is C35H28F4N2O4. The van der Waals surface area contributed by atoms with Gasteiger partial charge in [0, 0.05) is 47.9 Å². The number of nitriles is 1. The second-order valence-corrected chi connectivity index (χ2v) is 10.2. The first-order valence-electron chi connectivity index (χ1n) is 14.2.